The summed E-state index contributed by atoms with van der Waals surface area (Å²) in [5.41, 5.74) is -2.30. The van der Waals surface area contributed by atoms with Crippen LogP contribution in [0, 0.1) is 23.7 Å². The molecule has 0 aliphatic heterocycles. The van der Waals surface area contributed by atoms with Gasteiger partial charge < -0.3 is 0 Å². The molecule has 0 radical (unpaired) electrons. The maximum absolute atomic E-state index is 12.1. The van der Waals surface area contributed by atoms with E-state index in [1.807, 2.05) is 0 Å². The second kappa shape index (κ2) is 3.37. The predicted octanol–water partition coefficient (Wildman–Crippen LogP) is 3.39. The van der Waals surface area contributed by atoms with Gasteiger partial charge in [0.1, 0.15) is 0 Å². The van der Waals surface area contributed by atoms with Crippen LogP contribution in [0.2, 0.25) is 0 Å². The molecule has 0 unspecified atom stereocenters. The first-order valence-corrected chi connectivity index (χ1v) is 3.54. The molecule has 0 nitrogen and oxygen atoms in total. The van der Waals surface area contributed by atoms with Gasteiger partial charge in [-0.15, -0.1) is 6.42 Å². The van der Waals surface area contributed by atoms with Crippen molar-refractivity contribution in [3.8, 4) is 12.3 Å². The van der Waals surface area contributed by atoms with Gasteiger partial charge in [0.15, 0.2) is 5.92 Å². The number of alkyl halides is 6. The molecule has 0 rings (SSSR count). The lowest BCUT2D eigenvalue weighted by Gasteiger charge is -2.32. The van der Waals surface area contributed by atoms with Gasteiger partial charge in [-0.3, -0.25) is 0 Å². The average Bonchev–Trinajstić information content (AvgIpc) is 1.79. The van der Waals surface area contributed by atoms with Gasteiger partial charge >= 0.3 is 12.4 Å². The van der Waals surface area contributed by atoms with E-state index in [1.165, 1.54) is 5.92 Å². The van der Waals surface area contributed by atoms with Crippen molar-refractivity contribution in [2.45, 2.75) is 26.2 Å². The van der Waals surface area contributed by atoms with Gasteiger partial charge in [-0.1, -0.05) is 5.92 Å². The Hall–Kier alpha value is -0.860. The van der Waals surface area contributed by atoms with Crippen LogP contribution in [-0.2, 0) is 0 Å². The summed E-state index contributed by atoms with van der Waals surface area (Å²) in [6.07, 6.45) is -6.11. The Balaban J connectivity index is 5.28. The van der Waals surface area contributed by atoms with E-state index < -0.39 is 23.7 Å². The van der Waals surface area contributed by atoms with Crippen molar-refractivity contribution in [3.63, 3.8) is 0 Å². The number of halogens is 6. The van der Waals surface area contributed by atoms with E-state index in [0.29, 0.717) is 0 Å². The number of hydrogen-bond donors (Lipinski definition) is 0. The first-order chi connectivity index (χ1) is 5.93. The molecule has 0 saturated carbocycles. The standard InChI is InChI=1S/C8H8F6/c1-4-6(2,3)5(7(9,10)11)8(12,13)14/h1,5H,2-3H3. The highest BCUT2D eigenvalue weighted by molar-refractivity contribution is 5.07. The molecule has 0 spiro atoms. The van der Waals surface area contributed by atoms with Crippen molar-refractivity contribution in [1.82, 2.24) is 0 Å². The minimum absolute atomic E-state index is 0.735. The summed E-state index contributed by atoms with van der Waals surface area (Å²) in [6.45, 7) is 1.47. The van der Waals surface area contributed by atoms with Crippen molar-refractivity contribution in [1.29, 1.82) is 0 Å². The highest BCUT2D eigenvalue weighted by Crippen LogP contribution is 2.48. The molecule has 0 fully saturated rings. The largest absolute Gasteiger partial charge is 0.401 e. The van der Waals surface area contributed by atoms with Gasteiger partial charge in [0, 0.05) is 5.41 Å². The van der Waals surface area contributed by atoms with Gasteiger partial charge in [0.05, 0.1) is 0 Å². The normalized spacial score (nSPS) is 14.3. The molecule has 0 atom stereocenters. The fraction of sp³-hybridized carbons (Fsp3) is 0.750. The van der Waals surface area contributed by atoms with Crippen molar-refractivity contribution < 1.29 is 26.3 Å². The van der Waals surface area contributed by atoms with E-state index >= 15 is 0 Å². The molecular formula is C8H8F6. The van der Waals surface area contributed by atoms with Crippen LogP contribution in [0.5, 0.6) is 0 Å². The van der Waals surface area contributed by atoms with E-state index in [9.17, 15) is 26.3 Å². The van der Waals surface area contributed by atoms with Crippen molar-refractivity contribution >= 4 is 0 Å². The third-order valence-corrected chi connectivity index (χ3v) is 1.75. The van der Waals surface area contributed by atoms with Crippen LogP contribution in [-0.4, -0.2) is 12.4 Å². The zero-order chi connectivity index (χ0) is 11.8. The van der Waals surface area contributed by atoms with E-state index in [4.69, 9.17) is 0 Å². The third kappa shape index (κ3) is 2.82. The minimum Gasteiger partial charge on any atom is -0.170 e. The summed E-state index contributed by atoms with van der Waals surface area (Å²) in [6, 6.07) is 0. The zero-order valence-electron chi connectivity index (χ0n) is 7.42. The summed E-state index contributed by atoms with van der Waals surface area (Å²) in [5, 5.41) is 0. The molecule has 0 saturated heterocycles. The first kappa shape index (κ1) is 13.1. The van der Waals surface area contributed by atoms with Crippen molar-refractivity contribution in [3.05, 3.63) is 0 Å². The van der Waals surface area contributed by atoms with E-state index in [0.717, 1.165) is 13.8 Å². The highest BCUT2D eigenvalue weighted by atomic mass is 19.4. The van der Waals surface area contributed by atoms with Crippen LogP contribution >= 0.6 is 0 Å². The Morgan fingerprint density at radius 3 is 1.29 bits per heavy atom. The molecule has 0 aromatic heterocycles. The van der Waals surface area contributed by atoms with Crippen molar-refractivity contribution in [2.24, 2.45) is 11.3 Å². The Labute approximate surface area is 77.3 Å². The lowest BCUT2D eigenvalue weighted by atomic mass is 9.78. The van der Waals surface area contributed by atoms with E-state index in [-0.39, 0.29) is 0 Å². The summed E-state index contributed by atoms with van der Waals surface area (Å²) in [5.74, 6) is -1.98. The fourth-order valence-electron chi connectivity index (χ4n) is 1.09. The maximum Gasteiger partial charge on any atom is 0.401 e. The highest BCUT2D eigenvalue weighted by Gasteiger charge is 2.62. The monoisotopic (exact) mass is 218 g/mol. The molecule has 0 aliphatic rings. The lowest BCUT2D eigenvalue weighted by Crippen LogP contribution is -2.45. The van der Waals surface area contributed by atoms with Crippen LogP contribution in [0.1, 0.15) is 13.8 Å². The van der Waals surface area contributed by atoms with Crippen LogP contribution in [0.3, 0.4) is 0 Å². The van der Waals surface area contributed by atoms with Gasteiger partial charge in [0.2, 0.25) is 0 Å². The molecule has 14 heavy (non-hydrogen) atoms. The summed E-state index contributed by atoms with van der Waals surface area (Å²) >= 11 is 0. The molecule has 0 aliphatic carbocycles. The molecule has 0 aromatic carbocycles. The summed E-state index contributed by atoms with van der Waals surface area (Å²) in [4.78, 5) is 0. The van der Waals surface area contributed by atoms with Crippen LogP contribution in [0.25, 0.3) is 0 Å². The molecule has 0 aromatic rings. The molecule has 0 amide bonds. The molecule has 0 N–H and O–H groups in total. The van der Waals surface area contributed by atoms with E-state index in [1.54, 1.807) is 0 Å². The molecule has 6 heteroatoms. The topological polar surface area (TPSA) is 0 Å². The Bertz CT molecular complexity index is 224. The molecular weight excluding hydrogens is 210 g/mol. The van der Waals surface area contributed by atoms with Crippen LogP contribution in [0.4, 0.5) is 26.3 Å². The molecule has 0 heterocycles. The zero-order valence-corrected chi connectivity index (χ0v) is 7.42. The second-order valence-corrected chi connectivity index (χ2v) is 3.38. The molecule has 82 valence electrons. The van der Waals surface area contributed by atoms with Crippen molar-refractivity contribution in [2.75, 3.05) is 0 Å². The lowest BCUT2D eigenvalue weighted by molar-refractivity contribution is -0.304. The Kier molecular flexibility index (Phi) is 3.16. The number of rotatable bonds is 1. The maximum atomic E-state index is 12.1. The third-order valence-electron chi connectivity index (χ3n) is 1.75. The minimum atomic E-state index is -5.38. The van der Waals surface area contributed by atoms with Crippen LogP contribution < -0.4 is 0 Å². The van der Waals surface area contributed by atoms with Gasteiger partial charge in [-0.05, 0) is 13.8 Å². The Morgan fingerprint density at radius 2 is 1.21 bits per heavy atom. The summed E-state index contributed by atoms with van der Waals surface area (Å²) in [7, 11) is 0. The Morgan fingerprint density at radius 1 is 0.929 bits per heavy atom. The number of hydrogen-bond acceptors (Lipinski definition) is 0. The molecule has 0 bridgehead atoms. The predicted molar refractivity (Wildman–Crippen MR) is 38.2 cm³/mol. The van der Waals surface area contributed by atoms with Crippen LogP contribution in [0.15, 0.2) is 0 Å². The van der Waals surface area contributed by atoms with Gasteiger partial charge in [-0.25, -0.2) is 0 Å². The first-order valence-electron chi connectivity index (χ1n) is 3.54. The fourth-order valence-corrected chi connectivity index (χ4v) is 1.09. The van der Waals surface area contributed by atoms with E-state index in [2.05, 4.69) is 6.42 Å². The van der Waals surface area contributed by atoms with Gasteiger partial charge in [0.25, 0.3) is 0 Å². The average molecular weight is 218 g/mol. The second-order valence-electron chi connectivity index (χ2n) is 3.38. The SMILES string of the molecule is C#CC(C)(C)C(C(F)(F)F)C(F)(F)F. The van der Waals surface area contributed by atoms with Gasteiger partial charge in [-0.2, -0.15) is 26.3 Å². The number of terminal acetylenes is 1. The smallest absolute Gasteiger partial charge is 0.170 e. The summed E-state index contributed by atoms with van der Waals surface area (Å²) < 4.78 is 72.5. The quantitative estimate of drug-likeness (QED) is 0.467.